The molecule has 0 N–H and O–H groups in total. The first kappa shape index (κ1) is 14.4. The van der Waals surface area contributed by atoms with Crippen LogP contribution in [0.25, 0.3) is 0 Å². The van der Waals surface area contributed by atoms with Crippen LogP contribution in [-0.4, -0.2) is 6.29 Å². The van der Waals surface area contributed by atoms with E-state index in [2.05, 4.69) is 20.8 Å². The molecule has 1 atom stereocenters. The highest BCUT2D eigenvalue weighted by molar-refractivity contribution is 5.64. The molecule has 0 spiro atoms. The van der Waals surface area contributed by atoms with Gasteiger partial charge >= 0.3 is 0 Å². The molecule has 0 fully saturated rings. The summed E-state index contributed by atoms with van der Waals surface area (Å²) in [6, 6.07) is 0. The van der Waals surface area contributed by atoms with Gasteiger partial charge in [-0.05, 0) is 30.8 Å². The third-order valence-electron chi connectivity index (χ3n) is 2.76. The zero-order valence-electron chi connectivity index (χ0n) is 10.5. The first-order valence-corrected chi connectivity index (χ1v) is 6.27. The number of allylic oxidation sites excluding steroid dienone is 2. The molecular weight excluding hydrogens is 184 g/mol. The normalized spacial score (nSPS) is 13.6. The van der Waals surface area contributed by atoms with Crippen LogP contribution < -0.4 is 0 Å². The SMILES string of the molecule is CC(C)CCCC(C)CCCC=CC=O. The maximum absolute atomic E-state index is 10.0. The van der Waals surface area contributed by atoms with Crippen LogP contribution in [0.5, 0.6) is 0 Å². The van der Waals surface area contributed by atoms with Crippen LogP contribution in [0.2, 0.25) is 0 Å². The molecule has 0 aliphatic rings. The van der Waals surface area contributed by atoms with E-state index in [1.165, 1.54) is 32.1 Å². The second-order valence-corrected chi connectivity index (χ2v) is 4.93. The molecule has 0 saturated carbocycles. The van der Waals surface area contributed by atoms with Crippen molar-refractivity contribution in [3.05, 3.63) is 12.2 Å². The first-order valence-electron chi connectivity index (χ1n) is 6.27. The van der Waals surface area contributed by atoms with Gasteiger partial charge in [0.15, 0.2) is 0 Å². The molecule has 15 heavy (non-hydrogen) atoms. The predicted octanol–water partition coefficient (Wildman–Crippen LogP) is 4.37. The maximum Gasteiger partial charge on any atom is 0.142 e. The molecule has 0 heterocycles. The third-order valence-corrected chi connectivity index (χ3v) is 2.76. The van der Waals surface area contributed by atoms with Gasteiger partial charge in [0.05, 0.1) is 0 Å². The lowest BCUT2D eigenvalue weighted by Crippen LogP contribution is -1.96. The quantitative estimate of drug-likeness (QED) is 0.314. The molecule has 0 aliphatic carbocycles. The molecule has 0 aliphatic heterocycles. The van der Waals surface area contributed by atoms with Crippen molar-refractivity contribution in [3.8, 4) is 0 Å². The summed E-state index contributed by atoms with van der Waals surface area (Å²) in [7, 11) is 0. The molecule has 0 aromatic carbocycles. The lowest BCUT2D eigenvalue weighted by atomic mass is 9.95. The molecule has 0 aromatic rings. The summed E-state index contributed by atoms with van der Waals surface area (Å²) in [6.07, 6.45) is 12.1. The van der Waals surface area contributed by atoms with Crippen molar-refractivity contribution in [2.75, 3.05) is 0 Å². The highest BCUT2D eigenvalue weighted by Gasteiger charge is 2.02. The largest absolute Gasteiger partial charge is 0.299 e. The van der Waals surface area contributed by atoms with Gasteiger partial charge in [-0.2, -0.15) is 0 Å². The van der Waals surface area contributed by atoms with Crippen LogP contribution >= 0.6 is 0 Å². The van der Waals surface area contributed by atoms with Crippen LogP contribution in [0, 0.1) is 11.8 Å². The summed E-state index contributed by atoms with van der Waals surface area (Å²) in [5.41, 5.74) is 0. The Hall–Kier alpha value is -0.590. The van der Waals surface area contributed by atoms with E-state index in [0.717, 1.165) is 24.5 Å². The van der Waals surface area contributed by atoms with E-state index in [1.54, 1.807) is 6.08 Å². The second-order valence-electron chi connectivity index (χ2n) is 4.93. The molecule has 0 rings (SSSR count). The van der Waals surface area contributed by atoms with E-state index < -0.39 is 0 Å². The Kier molecular flexibility index (Phi) is 9.55. The molecule has 0 amide bonds. The van der Waals surface area contributed by atoms with Gasteiger partial charge < -0.3 is 0 Å². The molecule has 0 saturated heterocycles. The van der Waals surface area contributed by atoms with Gasteiger partial charge in [0.25, 0.3) is 0 Å². The summed E-state index contributed by atoms with van der Waals surface area (Å²) in [5.74, 6) is 1.68. The lowest BCUT2D eigenvalue weighted by molar-refractivity contribution is -0.104. The third kappa shape index (κ3) is 11.3. The average molecular weight is 210 g/mol. The van der Waals surface area contributed by atoms with Gasteiger partial charge in [0, 0.05) is 0 Å². The molecule has 1 nitrogen and oxygen atoms in total. The van der Waals surface area contributed by atoms with Crippen molar-refractivity contribution in [1.82, 2.24) is 0 Å². The van der Waals surface area contributed by atoms with Gasteiger partial charge in [0.2, 0.25) is 0 Å². The fourth-order valence-corrected chi connectivity index (χ4v) is 1.75. The Morgan fingerprint density at radius 2 is 1.67 bits per heavy atom. The smallest absolute Gasteiger partial charge is 0.142 e. The zero-order chi connectivity index (χ0) is 11.5. The minimum atomic E-state index is 0.840. The van der Waals surface area contributed by atoms with Crippen LogP contribution in [0.3, 0.4) is 0 Å². The Balaban J connectivity index is 3.29. The topological polar surface area (TPSA) is 17.1 Å². The second kappa shape index (κ2) is 9.95. The maximum atomic E-state index is 10.0. The molecule has 88 valence electrons. The Morgan fingerprint density at radius 1 is 1.00 bits per heavy atom. The molecular formula is C14H26O. The first-order chi connectivity index (χ1) is 7.16. The van der Waals surface area contributed by atoms with Gasteiger partial charge in [0.1, 0.15) is 6.29 Å². The number of hydrogen-bond donors (Lipinski definition) is 0. The number of unbranched alkanes of at least 4 members (excludes halogenated alkanes) is 1. The van der Waals surface area contributed by atoms with E-state index in [4.69, 9.17) is 0 Å². The monoisotopic (exact) mass is 210 g/mol. The number of carbonyl (C=O) groups excluding carboxylic acids is 1. The molecule has 0 bridgehead atoms. The van der Waals surface area contributed by atoms with Gasteiger partial charge in [-0.15, -0.1) is 0 Å². The van der Waals surface area contributed by atoms with E-state index in [9.17, 15) is 4.79 Å². The summed E-state index contributed by atoms with van der Waals surface area (Å²) >= 11 is 0. The highest BCUT2D eigenvalue weighted by atomic mass is 16.1. The van der Waals surface area contributed by atoms with Gasteiger partial charge in [-0.3, -0.25) is 4.79 Å². The Morgan fingerprint density at radius 3 is 2.27 bits per heavy atom. The zero-order valence-corrected chi connectivity index (χ0v) is 10.5. The van der Waals surface area contributed by atoms with E-state index in [0.29, 0.717) is 0 Å². The summed E-state index contributed by atoms with van der Waals surface area (Å²) < 4.78 is 0. The van der Waals surface area contributed by atoms with E-state index in [-0.39, 0.29) is 0 Å². The number of aldehydes is 1. The van der Waals surface area contributed by atoms with Crippen LogP contribution in [0.15, 0.2) is 12.2 Å². The predicted molar refractivity (Wildman–Crippen MR) is 66.9 cm³/mol. The molecule has 1 heteroatoms. The molecule has 1 unspecified atom stereocenters. The van der Waals surface area contributed by atoms with Crippen LogP contribution in [0.4, 0.5) is 0 Å². The van der Waals surface area contributed by atoms with Crippen molar-refractivity contribution in [2.24, 2.45) is 11.8 Å². The summed E-state index contributed by atoms with van der Waals surface area (Å²) in [6.45, 7) is 6.91. The van der Waals surface area contributed by atoms with Crippen LogP contribution in [-0.2, 0) is 4.79 Å². The highest BCUT2D eigenvalue weighted by Crippen LogP contribution is 2.17. The summed E-state index contributed by atoms with van der Waals surface area (Å²) in [5, 5.41) is 0. The van der Waals surface area contributed by atoms with Crippen LogP contribution in [0.1, 0.15) is 59.3 Å². The van der Waals surface area contributed by atoms with Gasteiger partial charge in [-0.1, -0.05) is 52.5 Å². The average Bonchev–Trinajstić information content (AvgIpc) is 2.17. The van der Waals surface area contributed by atoms with E-state index in [1.807, 2.05) is 6.08 Å². The minimum absolute atomic E-state index is 0.840. The number of carbonyl (C=O) groups is 1. The standard InChI is InChI=1S/C14H26O/c1-13(2)9-8-11-14(3)10-6-4-5-7-12-15/h5,7,12-14H,4,6,8-11H2,1-3H3. The number of rotatable bonds is 9. The van der Waals surface area contributed by atoms with Crippen molar-refractivity contribution >= 4 is 6.29 Å². The van der Waals surface area contributed by atoms with E-state index >= 15 is 0 Å². The minimum Gasteiger partial charge on any atom is -0.299 e. The Bertz CT molecular complexity index is 170. The fraction of sp³-hybridized carbons (Fsp3) is 0.786. The van der Waals surface area contributed by atoms with Crippen molar-refractivity contribution in [1.29, 1.82) is 0 Å². The summed E-state index contributed by atoms with van der Waals surface area (Å²) in [4.78, 5) is 10.0. The van der Waals surface area contributed by atoms with Crippen molar-refractivity contribution in [3.63, 3.8) is 0 Å². The fourth-order valence-electron chi connectivity index (χ4n) is 1.75. The van der Waals surface area contributed by atoms with Crippen molar-refractivity contribution in [2.45, 2.75) is 59.3 Å². The Labute approximate surface area is 95.0 Å². The molecule has 0 radical (unpaired) electrons. The van der Waals surface area contributed by atoms with Gasteiger partial charge in [-0.25, -0.2) is 0 Å². The molecule has 0 aromatic heterocycles. The van der Waals surface area contributed by atoms with Crippen molar-refractivity contribution < 1.29 is 4.79 Å². The lowest BCUT2D eigenvalue weighted by Gasteiger charge is -2.11. The number of hydrogen-bond acceptors (Lipinski definition) is 1.